The van der Waals surface area contributed by atoms with Crippen LogP contribution in [0.2, 0.25) is 0 Å². The Balaban J connectivity index is 1.82. The highest BCUT2D eigenvalue weighted by Gasteiger charge is 2.21. The second-order valence-corrected chi connectivity index (χ2v) is 8.86. The molecule has 136 valence electrons. The van der Waals surface area contributed by atoms with Gasteiger partial charge in [-0.15, -0.1) is 5.10 Å². The molecule has 0 aliphatic carbocycles. The van der Waals surface area contributed by atoms with Gasteiger partial charge in [-0.25, -0.2) is 9.97 Å². The Labute approximate surface area is 179 Å². The van der Waals surface area contributed by atoms with E-state index in [0.717, 1.165) is 55.0 Å². The number of halogens is 2. The van der Waals surface area contributed by atoms with Crippen LogP contribution in [0.4, 0.5) is 5.95 Å². The Bertz CT molecular complexity index is 1140. The van der Waals surface area contributed by atoms with Crippen molar-refractivity contribution in [1.82, 2.24) is 19.6 Å². The predicted octanol–water partition coefficient (Wildman–Crippen LogP) is 5.30. The standard InChI is InChI=1S/C20H17BrIN5/c21-14-11-15-17(16(22)12-14)23-20(26-9-5-2-6-10-26)27-19(15)24-18(25-27)13-7-3-1-4-8-13/h1,3-4,7-8,11-12H,2,5-6,9-10H2. The van der Waals surface area contributed by atoms with E-state index in [-0.39, 0.29) is 0 Å². The third-order valence-corrected chi connectivity index (χ3v) is 6.23. The summed E-state index contributed by atoms with van der Waals surface area (Å²) >= 11 is 5.97. The van der Waals surface area contributed by atoms with E-state index in [1.165, 1.54) is 19.3 Å². The molecule has 0 unspecified atom stereocenters. The zero-order valence-corrected chi connectivity index (χ0v) is 18.3. The SMILES string of the molecule is Brc1cc(I)c2nc(N3CCCCC3)n3nc(-c4ccccc4)nc3c2c1. The molecule has 0 radical (unpaired) electrons. The van der Waals surface area contributed by atoms with Crippen LogP contribution >= 0.6 is 38.5 Å². The summed E-state index contributed by atoms with van der Waals surface area (Å²) in [7, 11) is 0. The van der Waals surface area contributed by atoms with Gasteiger partial charge in [0.15, 0.2) is 11.5 Å². The highest BCUT2D eigenvalue weighted by Crippen LogP contribution is 2.31. The minimum atomic E-state index is 0.734. The van der Waals surface area contributed by atoms with Gasteiger partial charge in [-0.2, -0.15) is 4.52 Å². The molecular formula is C20H17BrIN5. The molecule has 5 rings (SSSR count). The summed E-state index contributed by atoms with van der Waals surface area (Å²) in [5, 5.41) is 5.87. The van der Waals surface area contributed by atoms with Crippen LogP contribution < -0.4 is 4.90 Å². The Morgan fingerprint density at radius 2 is 1.74 bits per heavy atom. The van der Waals surface area contributed by atoms with Gasteiger partial charge < -0.3 is 4.90 Å². The molecule has 0 atom stereocenters. The maximum atomic E-state index is 5.03. The van der Waals surface area contributed by atoms with E-state index in [2.05, 4.69) is 55.6 Å². The maximum absolute atomic E-state index is 5.03. The zero-order chi connectivity index (χ0) is 18.4. The summed E-state index contributed by atoms with van der Waals surface area (Å²) in [5.41, 5.74) is 2.86. The first kappa shape index (κ1) is 17.4. The minimum absolute atomic E-state index is 0.734. The van der Waals surface area contributed by atoms with Crippen molar-refractivity contribution in [1.29, 1.82) is 0 Å². The molecule has 27 heavy (non-hydrogen) atoms. The molecule has 0 spiro atoms. The van der Waals surface area contributed by atoms with E-state index in [1.54, 1.807) is 0 Å². The number of nitrogens with zero attached hydrogens (tertiary/aromatic N) is 5. The van der Waals surface area contributed by atoms with Gasteiger partial charge in [0.05, 0.1) is 5.52 Å². The maximum Gasteiger partial charge on any atom is 0.229 e. The van der Waals surface area contributed by atoms with E-state index in [4.69, 9.17) is 15.1 Å². The van der Waals surface area contributed by atoms with E-state index >= 15 is 0 Å². The van der Waals surface area contributed by atoms with Gasteiger partial charge in [-0.3, -0.25) is 0 Å². The molecule has 0 amide bonds. The van der Waals surface area contributed by atoms with Crippen molar-refractivity contribution in [3.63, 3.8) is 0 Å². The quantitative estimate of drug-likeness (QED) is 0.328. The van der Waals surface area contributed by atoms with Crippen LogP contribution in [0.5, 0.6) is 0 Å². The van der Waals surface area contributed by atoms with Gasteiger partial charge in [-0.05, 0) is 54.0 Å². The van der Waals surface area contributed by atoms with Crippen molar-refractivity contribution in [2.75, 3.05) is 18.0 Å². The Kier molecular flexibility index (Phi) is 4.51. The summed E-state index contributed by atoms with van der Waals surface area (Å²) in [5.74, 6) is 1.63. The lowest BCUT2D eigenvalue weighted by atomic mass is 10.1. The van der Waals surface area contributed by atoms with Crippen molar-refractivity contribution in [3.8, 4) is 11.4 Å². The van der Waals surface area contributed by atoms with Gasteiger partial charge in [-0.1, -0.05) is 46.3 Å². The van der Waals surface area contributed by atoms with E-state index in [0.29, 0.717) is 0 Å². The third-order valence-electron chi connectivity index (χ3n) is 4.95. The Morgan fingerprint density at radius 1 is 0.963 bits per heavy atom. The van der Waals surface area contributed by atoms with Gasteiger partial charge in [0, 0.05) is 32.1 Å². The molecule has 4 aromatic rings. The summed E-state index contributed by atoms with van der Waals surface area (Å²) in [6, 6.07) is 14.3. The van der Waals surface area contributed by atoms with Crippen LogP contribution in [-0.2, 0) is 0 Å². The first-order valence-electron chi connectivity index (χ1n) is 9.06. The number of hydrogen-bond donors (Lipinski definition) is 0. The largest absolute Gasteiger partial charge is 0.341 e. The summed E-state index contributed by atoms with van der Waals surface area (Å²) in [4.78, 5) is 12.3. The topological polar surface area (TPSA) is 46.3 Å². The monoisotopic (exact) mass is 533 g/mol. The lowest BCUT2D eigenvalue weighted by Gasteiger charge is -2.27. The van der Waals surface area contributed by atoms with Crippen molar-refractivity contribution in [2.24, 2.45) is 0 Å². The fourth-order valence-electron chi connectivity index (χ4n) is 3.63. The number of hydrogen-bond acceptors (Lipinski definition) is 4. The molecule has 1 aliphatic heterocycles. The predicted molar refractivity (Wildman–Crippen MR) is 120 cm³/mol. The second-order valence-electron chi connectivity index (χ2n) is 6.78. The summed E-state index contributed by atoms with van der Waals surface area (Å²) in [6.45, 7) is 2.03. The number of fused-ring (bicyclic) bond motifs is 3. The smallest absolute Gasteiger partial charge is 0.229 e. The fraction of sp³-hybridized carbons (Fsp3) is 0.250. The molecule has 0 bridgehead atoms. The molecule has 2 aromatic carbocycles. The first-order chi connectivity index (χ1) is 13.2. The normalized spacial score (nSPS) is 15.0. The molecule has 1 saturated heterocycles. The molecule has 0 saturated carbocycles. The van der Waals surface area contributed by atoms with E-state index < -0.39 is 0 Å². The average molecular weight is 534 g/mol. The molecule has 5 nitrogen and oxygen atoms in total. The number of aromatic nitrogens is 4. The van der Waals surface area contributed by atoms with Gasteiger partial charge in [0.2, 0.25) is 5.95 Å². The van der Waals surface area contributed by atoms with Crippen LogP contribution in [0.25, 0.3) is 27.9 Å². The Hall–Kier alpha value is -1.74. The highest BCUT2D eigenvalue weighted by atomic mass is 127. The highest BCUT2D eigenvalue weighted by molar-refractivity contribution is 14.1. The average Bonchev–Trinajstić information content (AvgIpc) is 3.15. The van der Waals surface area contributed by atoms with E-state index in [1.807, 2.05) is 34.8 Å². The van der Waals surface area contributed by atoms with Gasteiger partial charge in [0.25, 0.3) is 0 Å². The zero-order valence-electron chi connectivity index (χ0n) is 14.6. The molecule has 1 fully saturated rings. The lowest BCUT2D eigenvalue weighted by molar-refractivity contribution is 0.563. The van der Waals surface area contributed by atoms with Crippen molar-refractivity contribution >= 4 is 61.0 Å². The van der Waals surface area contributed by atoms with Crippen LogP contribution in [0.3, 0.4) is 0 Å². The van der Waals surface area contributed by atoms with Crippen molar-refractivity contribution in [3.05, 3.63) is 50.5 Å². The Morgan fingerprint density at radius 3 is 2.52 bits per heavy atom. The van der Waals surface area contributed by atoms with Crippen LogP contribution in [0.1, 0.15) is 19.3 Å². The van der Waals surface area contributed by atoms with Crippen molar-refractivity contribution in [2.45, 2.75) is 19.3 Å². The van der Waals surface area contributed by atoms with Crippen LogP contribution in [0.15, 0.2) is 46.9 Å². The number of anilines is 1. The molecule has 0 N–H and O–H groups in total. The van der Waals surface area contributed by atoms with Gasteiger partial charge >= 0.3 is 0 Å². The molecule has 1 aliphatic rings. The minimum Gasteiger partial charge on any atom is -0.341 e. The molecule has 2 aromatic heterocycles. The third kappa shape index (κ3) is 3.10. The van der Waals surface area contributed by atoms with Crippen molar-refractivity contribution < 1.29 is 0 Å². The van der Waals surface area contributed by atoms with Crippen LogP contribution in [-0.4, -0.2) is 32.7 Å². The van der Waals surface area contributed by atoms with E-state index in [9.17, 15) is 0 Å². The lowest BCUT2D eigenvalue weighted by Crippen LogP contribution is -2.32. The number of rotatable bonds is 2. The number of piperidine rings is 1. The first-order valence-corrected chi connectivity index (χ1v) is 10.9. The van der Waals surface area contributed by atoms with Crippen LogP contribution in [0, 0.1) is 3.57 Å². The second kappa shape index (κ2) is 7.01. The van der Waals surface area contributed by atoms with Gasteiger partial charge in [0.1, 0.15) is 0 Å². The molecular weight excluding hydrogens is 517 g/mol. The molecule has 3 heterocycles. The summed E-state index contributed by atoms with van der Waals surface area (Å²) in [6.07, 6.45) is 3.67. The number of benzene rings is 2. The molecule has 7 heteroatoms. The fourth-order valence-corrected chi connectivity index (χ4v) is 5.26. The summed E-state index contributed by atoms with van der Waals surface area (Å²) < 4.78 is 4.07.